The fourth-order valence-electron chi connectivity index (χ4n) is 4.41. The van der Waals surface area contributed by atoms with Crippen LogP contribution in [0.3, 0.4) is 0 Å². The maximum atomic E-state index is 12.3. The first kappa shape index (κ1) is 30.6. The van der Waals surface area contributed by atoms with Crippen LogP contribution in [-0.2, 0) is 25.5 Å². The van der Waals surface area contributed by atoms with Gasteiger partial charge in [-0.05, 0) is 75.5 Å². The van der Waals surface area contributed by atoms with Crippen LogP contribution < -0.4 is 0 Å². The van der Waals surface area contributed by atoms with Crippen LogP contribution in [-0.4, -0.2) is 35.9 Å². The molecule has 0 spiro atoms. The Labute approximate surface area is 223 Å². The standard InChI is InChI=1S/C32H46O5/c1-7-8-9-10-25-13-17-28(18-14-25)29-19-15-26(16-20-29)11-12-27(21-36-30(33)23(2)3)22-37-31(34)24(4)32(5,6)35/h15-17,19-20,25,27,35H,2,4,7-14,18,21-22H2,1,3,5-6H3. The van der Waals surface area contributed by atoms with Crippen molar-refractivity contribution in [2.24, 2.45) is 11.8 Å². The fourth-order valence-corrected chi connectivity index (χ4v) is 4.41. The molecule has 0 fully saturated rings. The molecule has 0 saturated carbocycles. The van der Waals surface area contributed by atoms with E-state index in [1.807, 2.05) is 0 Å². The van der Waals surface area contributed by atoms with Crippen molar-refractivity contribution in [1.82, 2.24) is 0 Å². The van der Waals surface area contributed by atoms with Crippen LogP contribution >= 0.6 is 0 Å². The third-order valence-corrected chi connectivity index (χ3v) is 7.14. The van der Waals surface area contributed by atoms with Crippen molar-refractivity contribution in [2.45, 2.75) is 91.1 Å². The van der Waals surface area contributed by atoms with Crippen molar-refractivity contribution in [3.8, 4) is 0 Å². The van der Waals surface area contributed by atoms with Crippen molar-refractivity contribution in [1.29, 1.82) is 0 Å². The number of allylic oxidation sites excluding steroid dienone is 2. The van der Waals surface area contributed by atoms with Crippen LogP contribution in [0.15, 0.2) is 54.6 Å². The van der Waals surface area contributed by atoms with Crippen molar-refractivity contribution < 1.29 is 24.2 Å². The van der Waals surface area contributed by atoms with Crippen molar-refractivity contribution in [2.75, 3.05) is 13.2 Å². The second-order valence-electron chi connectivity index (χ2n) is 11.0. The Morgan fingerprint density at radius 2 is 1.73 bits per heavy atom. The lowest BCUT2D eigenvalue weighted by Crippen LogP contribution is -2.30. The maximum Gasteiger partial charge on any atom is 0.336 e. The number of esters is 2. The molecule has 0 radical (unpaired) electrons. The number of unbranched alkanes of at least 4 members (excludes halogenated alkanes) is 2. The second-order valence-corrected chi connectivity index (χ2v) is 11.0. The third kappa shape index (κ3) is 10.7. The van der Waals surface area contributed by atoms with Gasteiger partial charge in [0, 0.05) is 11.5 Å². The minimum atomic E-state index is -1.36. The monoisotopic (exact) mass is 510 g/mol. The highest BCUT2D eigenvalue weighted by Gasteiger charge is 2.26. The van der Waals surface area contributed by atoms with E-state index in [9.17, 15) is 14.7 Å². The van der Waals surface area contributed by atoms with Gasteiger partial charge in [-0.25, -0.2) is 9.59 Å². The van der Waals surface area contributed by atoms with E-state index in [4.69, 9.17) is 9.47 Å². The van der Waals surface area contributed by atoms with E-state index in [2.05, 4.69) is 50.4 Å². The van der Waals surface area contributed by atoms with Crippen molar-refractivity contribution in [3.63, 3.8) is 0 Å². The Hall–Kier alpha value is -2.66. The minimum Gasteiger partial charge on any atom is -0.462 e. The molecule has 1 aromatic rings. The molecule has 37 heavy (non-hydrogen) atoms. The van der Waals surface area contributed by atoms with Gasteiger partial charge in [-0.15, -0.1) is 0 Å². The Morgan fingerprint density at radius 3 is 2.27 bits per heavy atom. The van der Waals surface area contributed by atoms with E-state index in [0.29, 0.717) is 12.0 Å². The molecule has 1 aliphatic rings. The van der Waals surface area contributed by atoms with Gasteiger partial charge in [0.05, 0.1) is 24.4 Å². The molecule has 204 valence electrons. The normalized spacial score (nSPS) is 16.5. The number of aryl methyl sites for hydroxylation is 1. The Balaban J connectivity index is 1.93. The van der Waals surface area contributed by atoms with Crippen LogP contribution in [0.4, 0.5) is 0 Å². The Morgan fingerprint density at radius 1 is 1.08 bits per heavy atom. The zero-order valence-electron chi connectivity index (χ0n) is 23.3. The van der Waals surface area contributed by atoms with Gasteiger partial charge >= 0.3 is 11.9 Å². The minimum absolute atomic E-state index is 0.00920. The highest BCUT2D eigenvalue weighted by Crippen LogP contribution is 2.33. The summed E-state index contributed by atoms with van der Waals surface area (Å²) in [4.78, 5) is 24.2. The summed E-state index contributed by atoms with van der Waals surface area (Å²) in [5.41, 5.74) is 2.88. The van der Waals surface area contributed by atoms with Gasteiger partial charge in [0.15, 0.2) is 0 Å². The summed E-state index contributed by atoms with van der Waals surface area (Å²) < 4.78 is 10.7. The van der Waals surface area contributed by atoms with E-state index in [-0.39, 0.29) is 24.7 Å². The van der Waals surface area contributed by atoms with Gasteiger partial charge in [0.1, 0.15) is 0 Å². The molecular formula is C32H46O5. The molecule has 0 saturated heterocycles. The SMILES string of the molecule is C=C(C)C(=O)OCC(CCc1ccc(C2=CCC(CCCCC)CC2)cc1)COC(=O)C(=C)C(C)(C)O. The highest BCUT2D eigenvalue weighted by molar-refractivity contribution is 5.89. The van der Waals surface area contributed by atoms with Crippen LogP contribution in [0, 0.1) is 11.8 Å². The number of benzene rings is 1. The summed E-state index contributed by atoms with van der Waals surface area (Å²) in [6, 6.07) is 8.70. The van der Waals surface area contributed by atoms with Gasteiger partial charge < -0.3 is 14.6 Å². The van der Waals surface area contributed by atoms with Crippen molar-refractivity contribution >= 4 is 17.5 Å². The van der Waals surface area contributed by atoms with Gasteiger partial charge in [-0.3, -0.25) is 0 Å². The van der Waals surface area contributed by atoms with Gasteiger partial charge in [0.25, 0.3) is 0 Å². The predicted octanol–water partition coefficient (Wildman–Crippen LogP) is 6.99. The lowest BCUT2D eigenvalue weighted by Gasteiger charge is -2.22. The van der Waals surface area contributed by atoms with Crippen LogP contribution in [0.2, 0.25) is 0 Å². The number of rotatable bonds is 15. The zero-order valence-corrected chi connectivity index (χ0v) is 23.3. The zero-order chi connectivity index (χ0) is 27.4. The largest absolute Gasteiger partial charge is 0.462 e. The van der Waals surface area contributed by atoms with E-state index in [0.717, 1.165) is 18.8 Å². The first-order valence-corrected chi connectivity index (χ1v) is 13.7. The molecule has 0 aromatic heterocycles. The highest BCUT2D eigenvalue weighted by atomic mass is 16.5. The summed E-state index contributed by atoms with van der Waals surface area (Å²) in [5, 5.41) is 10.0. The maximum absolute atomic E-state index is 12.3. The molecule has 0 aliphatic heterocycles. The molecule has 1 aliphatic carbocycles. The van der Waals surface area contributed by atoms with E-state index in [1.54, 1.807) is 6.92 Å². The van der Waals surface area contributed by atoms with Crippen LogP contribution in [0.25, 0.3) is 5.57 Å². The number of carbonyl (C=O) groups is 2. The number of hydrogen-bond acceptors (Lipinski definition) is 5. The number of hydrogen-bond donors (Lipinski definition) is 1. The van der Waals surface area contributed by atoms with Gasteiger partial charge in [-0.1, -0.05) is 76.1 Å². The number of ether oxygens (including phenoxy) is 2. The lowest BCUT2D eigenvalue weighted by molar-refractivity contribution is -0.145. The molecule has 2 unspecified atom stereocenters. The number of aliphatic hydroxyl groups is 1. The second kappa shape index (κ2) is 14.9. The van der Waals surface area contributed by atoms with Gasteiger partial charge in [0.2, 0.25) is 0 Å². The van der Waals surface area contributed by atoms with Crippen LogP contribution in [0.1, 0.15) is 90.2 Å². The summed E-state index contributed by atoms with van der Waals surface area (Å²) in [6.07, 6.45) is 12.8. The van der Waals surface area contributed by atoms with E-state index < -0.39 is 17.5 Å². The quantitative estimate of drug-likeness (QED) is 0.156. The average Bonchev–Trinajstić information content (AvgIpc) is 2.87. The van der Waals surface area contributed by atoms with E-state index in [1.165, 1.54) is 69.1 Å². The molecule has 5 heteroatoms. The topological polar surface area (TPSA) is 72.8 Å². The van der Waals surface area contributed by atoms with Crippen molar-refractivity contribution in [3.05, 3.63) is 65.8 Å². The number of carbonyl (C=O) groups excluding carboxylic acids is 2. The molecule has 2 rings (SSSR count). The first-order valence-electron chi connectivity index (χ1n) is 13.7. The summed E-state index contributed by atoms with van der Waals surface area (Å²) in [7, 11) is 0. The summed E-state index contributed by atoms with van der Waals surface area (Å²) >= 11 is 0. The van der Waals surface area contributed by atoms with Crippen LogP contribution in [0.5, 0.6) is 0 Å². The average molecular weight is 511 g/mol. The Kier molecular flexibility index (Phi) is 12.3. The summed E-state index contributed by atoms with van der Waals surface area (Å²) in [5.74, 6) is -0.469. The smallest absolute Gasteiger partial charge is 0.336 e. The molecule has 0 amide bonds. The first-order chi connectivity index (χ1) is 17.5. The predicted molar refractivity (Wildman–Crippen MR) is 150 cm³/mol. The molecule has 5 nitrogen and oxygen atoms in total. The molecule has 1 N–H and O–H groups in total. The lowest BCUT2D eigenvalue weighted by atomic mass is 9.83. The van der Waals surface area contributed by atoms with Gasteiger partial charge in [-0.2, -0.15) is 0 Å². The third-order valence-electron chi connectivity index (χ3n) is 7.14. The molecule has 0 bridgehead atoms. The molecule has 2 atom stereocenters. The molecular weight excluding hydrogens is 464 g/mol. The van der Waals surface area contributed by atoms with E-state index >= 15 is 0 Å². The Bertz CT molecular complexity index is 948. The molecule has 0 heterocycles. The summed E-state index contributed by atoms with van der Waals surface area (Å²) in [6.45, 7) is 14.3. The molecule has 1 aromatic carbocycles. The fraction of sp³-hybridized carbons (Fsp3) is 0.562.